The quantitative estimate of drug-likeness (QED) is 0.291. The minimum absolute atomic E-state index is 0.00948. The molecule has 11 heteroatoms. The second kappa shape index (κ2) is 13.0. The van der Waals surface area contributed by atoms with Crippen LogP contribution in [0.3, 0.4) is 0 Å². The highest BCUT2D eigenvalue weighted by Crippen LogP contribution is 2.24. The van der Waals surface area contributed by atoms with Crippen molar-refractivity contribution < 1.29 is 13.4 Å². The molecule has 2 aromatic carbocycles. The van der Waals surface area contributed by atoms with Gasteiger partial charge >= 0.3 is 6.03 Å². The maximum absolute atomic E-state index is 14.7. The molecule has 1 unspecified atom stereocenters. The normalized spacial score (nSPS) is 10.9. The molecule has 0 bridgehead atoms. The van der Waals surface area contributed by atoms with E-state index < -0.39 is 28.3 Å². The predicted octanol–water partition coefficient (Wildman–Crippen LogP) is 6.34. The third-order valence-corrected chi connectivity index (χ3v) is 6.68. The van der Waals surface area contributed by atoms with Crippen molar-refractivity contribution in [1.82, 2.24) is 14.9 Å². The molecule has 3 N–H and O–H groups in total. The Morgan fingerprint density at radius 1 is 1.09 bits per heavy atom. The molecule has 0 aliphatic carbocycles. The summed E-state index contributed by atoms with van der Waals surface area (Å²) < 4.78 is 29.8. The monoisotopic (exact) mass is 522 g/mol. The van der Waals surface area contributed by atoms with E-state index in [4.69, 9.17) is 11.6 Å². The summed E-state index contributed by atoms with van der Waals surface area (Å²) >= 11 is 6.85. The van der Waals surface area contributed by atoms with Gasteiger partial charge in [0, 0.05) is 16.6 Å². The zero-order valence-corrected chi connectivity index (χ0v) is 21.3. The molecule has 2 aromatic heterocycles. The number of urea groups is 1. The molecular weight excluding hydrogens is 499 g/mol. The van der Waals surface area contributed by atoms with Crippen LogP contribution >= 0.6 is 22.9 Å². The lowest BCUT2D eigenvalue weighted by atomic mass is 10.1. The van der Waals surface area contributed by atoms with Crippen LogP contribution in [-0.4, -0.2) is 20.4 Å². The fourth-order valence-electron chi connectivity index (χ4n) is 2.73. The van der Waals surface area contributed by atoms with E-state index in [1.165, 1.54) is 18.2 Å². The van der Waals surface area contributed by atoms with Crippen LogP contribution in [0, 0.1) is 5.82 Å². The minimum Gasteiger partial charge on any atom is -0.307 e. The number of thiophene rings is 1. The number of nitrogens with one attached hydrogen (secondary N) is 3. The summed E-state index contributed by atoms with van der Waals surface area (Å²) in [5, 5.41) is 9.49. The highest BCUT2D eigenvalue weighted by molar-refractivity contribution is 7.86. The Labute approximate surface area is 208 Å². The number of benzene rings is 2. The Balaban J connectivity index is 0.000000970. The zero-order valence-electron chi connectivity index (χ0n) is 18.9. The summed E-state index contributed by atoms with van der Waals surface area (Å²) in [6.45, 7) is 8.00. The summed E-state index contributed by atoms with van der Waals surface area (Å²) in [7, 11) is -1.80. The molecule has 0 aliphatic rings. The first-order chi connectivity index (χ1) is 16.4. The van der Waals surface area contributed by atoms with Crippen LogP contribution in [0.15, 0.2) is 63.6 Å². The summed E-state index contributed by atoms with van der Waals surface area (Å²) in [4.78, 5) is 24.7. The second-order valence-corrected chi connectivity index (χ2v) is 9.18. The lowest BCUT2D eigenvalue weighted by Crippen LogP contribution is -2.30. The molecule has 7 nitrogen and oxygen atoms in total. The van der Waals surface area contributed by atoms with Gasteiger partial charge in [0.05, 0.1) is 9.85 Å². The standard InChI is InChI=1S/C19H12ClFN4O3S2.2C2H6/c20-15-7-8-16(29-15)30(28)25-19(27)22-10-5-6-11(13(21)9-10)17-18(26)12-3-1-2-4-14(12)23-24-17;2*1-2/h1-9H,(H,23,26)(H2,22,25,27);2*1-2H3. The number of carbonyl (C=O) groups excluding carboxylic acids is 1. The Morgan fingerprint density at radius 3 is 2.44 bits per heavy atom. The first kappa shape index (κ1) is 27.2. The van der Waals surface area contributed by atoms with Crippen molar-refractivity contribution in [3.05, 3.63) is 75.0 Å². The number of hydrogen-bond acceptors (Lipinski definition) is 5. The maximum Gasteiger partial charge on any atom is 0.331 e. The van der Waals surface area contributed by atoms with Crippen LogP contribution in [0.25, 0.3) is 22.2 Å². The molecule has 0 saturated carbocycles. The average molecular weight is 523 g/mol. The molecule has 1 atom stereocenters. The molecule has 0 radical (unpaired) electrons. The van der Waals surface area contributed by atoms with Crippen molar-refractivity contribution in [1.29, 1.82) is 0 Å². The SMILES string of the molecule is CC.CC.O=C(Nc1ccc(-c2n[nH]c3ccccc3c2=O)c(F)c1)NS(=O)c1ccc(Cl)s1. The molecule has 34 heavy (non-hydrogen) atoms. The topological polar surface area (TPSA) is 104 Å². The van der Waals surface area contributed by atoms with E-state index in [9.17, 15) is 18.2 Å². The van der Waals surface area contributed by atoms with Crippen LogP contribution in [0.1, 0.15) is 27.7 Å². The van der Waals surface area contributed by atoms with Crippen LogP contribution in [0.5, 0.6) is 0 Å². The Kier molecular flexibility index (Phi) is 10.4. The number of carbonyl (C=O) groups is 1. The number of para-hydroxylation sites is 1. The van der Waals surface area contributed by atoms with Crippen molar-refractivity contribution in [2.75, 3.05) is 5.32 Å². The van der Waals surface area contributed by atoms with Gasteiger partial charge in [-0.1, -0.05) is 51.4 Å². The van der Waals surface area contributed by atoms with Crippen LogP contribution in [-0.2, 0) is 11.0 Å². The molecule has 0 saturated heterocycles. The van der Waals surface area contributed by atoms with E-state index in [-0.39, 0.29) is 16.9 Å². The van der Waals surface area contributed by atoms with Crippen molar-refractivity contribution in [3.8, 4) is 11.3 Å². The number of anilines is 1. The third-order valence-electron chi connectivity index (χ3n) is 4.07. The summed E-state index contributed by atoms with van der Waals surface area (Å²) in [6.07, 6.45) is 0. The number of fused-ring (bicyclic) bond motifs is 1. The molecule has 0 spiro atoms. The molecule has 4 aromatic rings. The molecule has 2 amide bonds. The minimum atomic E-state index is -1.80. The van der Waals surface area contributed by atoms with Crippen molar-refractivity contribution in [2.24, 2.45) is 0 Å². The first-order valence-corrected chi connectivity index (χ1v) is 12.8. The fourth-order valence-corrected chi connectivity index (χ4v) is 4.85. The fraction of sp³-hybridized carbons (Fsp3) is 0.174. The van der Waals surface area contributed by atoms with E-state index in [1.54, 1.807) is 30.3 Å². The number of halogens is 2. The van der Waals surface area contributed by atoms with Crippen molar-refractivity contribution >= 4 is 56.5 Å². The highest BCUT2D eigenvalue weighted by Gasteiger charge is 2.15. The van der Waals surface area contributed by atoms with Gasteiger partial charge in [-0.15, -0.1) is 11.3 Å². The summed E-state index contributed by atoms with van der Waals surface area (Å²) in [5.74, 6) is -0.743. The number of rotatable bonds is 4. The maximum atomic E-state index is 14.7. The van der Waals surface area contributed by atoms with Gasteiger partial charge in [-0.2, -0.15) is 5.10 Å². The molecule has 180 valence electrons. The molecule has 2 heterocycles. The van der Waals surface area contributed by atoms with Gasteiger partial charge in [0.2, 0.25) is 5.43 Å². The average Bonchev–Trinajstić information content (AvgIpc) is 3.29. The van der Waals surface area contributed by atoms with Gasteiger partial charge < -0.3 is 5.32 Å². The van der Waals surface area contributed by atoms with Gasteiger partial charge in [0.1, 0.15) is 15.7 Å². The molecule has 4 rings (SSSR count). The van der Waals surface area contributed by atoms with Gasteiger partial charge in [-0.25, -0.2) is 13.4 Å². The van der Waals surface area contributed by atoms with Gasteiger partial charge in [-0.3, -0.25) is 14.6 Å². The van der Waals surface area contributed by atoms with Gasteiger partial charge in [0.25, 0.3) is 0 Å². The van der Waals surface area contributed by atoms with E-state index in [2.05, 4.69) is 20.2 Å². The number of H-pyrrole nitrogens is 1. The van der Waals surface area contributed by atoms with Crippen LogP contribution < -0.4 is 15.5 Å². The lowest BCUT2D eigenvalue weighted by molar-refractivity contribution is 0.257. The third kappa shape index (κ3) is 6.49. The van der Waals surface area contributed by atoms with E-state index in [0.29, 0.717) is 19.4 Å². The van der Waals surface area contributed by atoms with Gasteiger partial charge in [-0.05, 0) is 42.5 Å². The number of amides is 2. The smallest absolute Gasteiger partial charge is 0.307 e. The Hall–Kier alpha value is -3.08. The molecular formula is C23H24ClFN4O3S2. The predicted molar refractivity (Wildman–Crippen MR) is 138 cm³/mol. The number of nitrogens with zero attached hydrogens (tertiary/aromatic N) is 1. The largest absolute Gasteiger partial charge is 0.331 e. The van der Waals surface area contributed by atoms with E-state index >= 15 is 0 Å². The highest BCUT2D eigenvalue weighted by atomic mass is 35.5. The molecule has 0 fully saturated rings. The van der Waals surface area contributed by atoms with Gasteiger partial charge in [0.15, 0.2) is 11.0 Å². The number of hydrogen-bond donors (Lipinski definition) is 3. The van der Waals surface area contributed by atoms with E-state index in [0.717, 1.165) is 17.4 Å². The Morgan fingerprint density at radius 2 is 1.79 bits per heavy atom. The number of aromatic nitrogens is 2. The zero-order chi connectivity index (χ0) is 25.3. The van der Waals surface area contributed by atoms with Crippen molar-refractivity contribution in [2.45, 2.75) is 31.9 Å². The summed E-state index contributed by atoms with van der Waals surface area (Å²) in [6, 6.07) is 12.9. The lowest BCUT2D eigenvalue weighted by Gasteiger charge is -2.08. The molecule has 0 aliphatic heterocycles. The number of aromatic amines is 1. The van der Waals surface area contributed by atoms with Crippen LogP contribution in [0.4, 0.5) is 14.9 Å². The van der Waals surface area contributed by atoms with Crippen LogP contribution in [0.2, 0.25) is 4.34 Å². The van der Waals surface area contributed by atoms with E-state index in [1.807, 2.05) is 27.7 Å². The Bertz CT molecular complexity index is 1360. The first-order valence-electron chi connectivity index (χ1n) is 10.4. The summed E-state index contributed by atoms with van der Waals surface area (Å²) in [5.41, 5.74) is 0.170. The second-order valence-electron chi connectivity index (χ2n) is 6.03. The van der Waals surface area contributed by atoms with Crippen molar-refractivity contribution in [3.63, 3.8) is 0 Å².